The molecule has 0 aromatic heterocycles. The molecule has 3 atom stereocenters. The van der Waals surface area contributed by atoms with Crippen LogP contribution in [0, 0.1) is 0 Å². The zero-order chi connectivity index (χ0) is 18.9. The van der Waals surface area contributed by atoms with Crippen LogP contribution in [0.2, 0.25) is 0 Å². The van der Waals surface area contributed by atoms with Gasteiger partial charge >= 0.3 is 0 Å². The van der Waals surface area contributed by atoms with E-state index < -0.39 is 0 Å². The summed E-state index contributed by atoms with van der Waals surface area (Å²) in [5.74, 6) is 0.0929. The normalized spacial score (nSPS) is 27.4. The Morgan fingerprint density at radius 2 is 1.70 bits per heavy atom. The smallest absolute Gasteiger partial charge is 0.254 e. The van der Waals surface area contributed by atoms with E-state index in [1.807, 2.05) is 47.4 Å². The maximum Gasteiger partial charge on any atom is 0.254 e. The van der Waals surface area contributed by atoms with Crippen molar-refractivity contribution < 1.29 is 14.3 Å². The summed E-state index contributed by atoms with van der Waals surface area (Å²) in [4.78, 5) is 15.2. The summed E-state index contributed by atoms with van der Waals surface area (Å²) in [6.45, 7) is 0.744. The highest BCUT2D eigenvalue weighted by molar-refractivity contribution is 5.95. The molecule has 1 aliphatic carbocycles. The lowest BCUT2D eigenvalue weighted by Gasteiger charge is -2.43. The number of ether oxygens (including phenoxy) is 2. The fourth-order valence-electron chi connectivity index (χ4n) is 4.72. The maximum atomic E-state index is 13.2. The van der Waals surface area contributed by atoms with Crippen LogP contribution in [0.4, 0.5) is 0 Å². The molecule has 4 heteroatoms. The standard InChI is InChI=1S/C23H27NO3/c1-26-20-12-13-23(27-2)14-15-24(21(23)16-20)22(25)19-10-8-18(9-11-19)17-6-4-3-5-7-17/h3-11,20-21H,12-16H2,1-2H3/t20-,21-,23+/m0/s1. The molecule has 0 unspecified atom stereocenters. The van der Waals surface area contributed by atoms with Crippen molar-refractivity contribution in [3.05, 3.63) is 60.2 Å². The zero-order valence-corrected chi connectivity index (χ0v) is 16.1. The first kappa shape index (κ1) is 18.2. The molecule has 142 valence electrons. The van der Waals surface area contributed by atoms with Crippen LogP contribution in [0.5, 0.6) is 0 Å². The molecule has 2 fully saturated rings. The minimum absolute atomic E-state index is 0.0856. The first-order chi connectivity index (χ1) is 13.2. The molecule has 4 rings (SSSR count). The molecule has 1 saturated carbocycles. The van der Waals surface area contributed by atoms with Crippen LogP contribution in [0.25, 0.3) is 11.1 Å². The van der Waals surface area contributed by atoms with E-state index in [1.54, 1.807) is 14.2 Å². The van der Waals surface area contributed by atoms with Crippen LogP contribution < -0.4 is 0 Å². The highest BCUT2D eigenvalue weighted by Gasteiger charge is 2.52. The van der Waals surface area contributed by atoms with Gasteiger partial charge in [0.15, 0.2) is 0 Å². The molecule has 0 spiro atoms. The van der Waals surface area contributed by atoms with Gasteiger partial charge < -0.3 is 14.4 Å². The zero-order valence-electron chi connectivity index (χ0n) is 16.1. The average Bonchev–Trinajstić information content (AvgIpc) is 3.13. The first-order valence-corrected chi connectivity index (χ1v) is 9.71. The van der Waals surface area contributed by atoms with Crippen LogP contribution in [-0.4, -0.2) is 49.3 Å². The summed E-state index contributed by atoms with van der Waals surface area (Å²) >= 11 is 0. The Labute approximate surface area is 161 Å². The number of carbonyl (C=O) groups is 1. The van der Waals surface area contributed by atoms with E-state index in [1.165, 1.54) is 0 Å². The van der Waals surface area contributed by atoms with E-state index in [9.17, 15) is 4.79 Å². The fourth-order valence-corrected chi connectivity index (χ4v) is 4.72. The molecule has 0 radical (unpaired) electrons. The lowest BCUT2D eigenvalue weighted by molar-refractivity contribution is -0.0893. The number of nitrogens with zero attached hydrogens (tertiary/aromatic N) is 1. The Hall–Kier alpha value is -2.17. The van der Waals surface area contributed by atoms with Crippen molar-refractivity contribution in [2.75, 3.05) is 20.8 Å². The molecule has 2 aromatic rings. The van der Waals surface area contributed by atoms with Gasteiger partial charge in [-0.05, 0) is 48.9 Å². The van der Waals surface area contributed by atoms with Crippen LogP contribution in [0.3, 0.4) is 0 Å². The van der Waals surface area contributed by atoms with Crippen molar-refractivity contribution in [3.8, 4) is 11.1 Å². The van der Waals surface area contributed by atoms with Crippen molar-refractivity contribution in [2.45, 2.75) is 43.4 Å². The van der Waals surface area contributed by atoms with Gasteiger partial charge in [-0.25, -0.2) is 0 Å². The van der Waals surface area contributed by atoms with Crippen molar-refractivity contribution in [1.29, 1.82) is 0 Å². The summed E-state index contributed by atoms with van der Waals surface area (Å²) in [6, 6.07) is 18.2. The summed E-state index contributed by atoms with van der Waals surface area (Å²) in [6.07, 6.45) is 3.89. The summed E-state index contributed by atoms with van der Waals surface area (Å²) < 4.78 is 11.5. The Kier molecular flexibility index (Phi) is 5.02. The second kappa shape index (κ2) is 7.45. The lowest BCUT2D eigenvalue weighted by Crippen LogP contribution is -2.53. The molecule has 1 aliphatic heterocycles. The average molecular weight is 365 g/mol. The molecule has 4 nitrogen and oxygen atoms in total. The van der Waals surface area contributed by atoms with Gasteiger partial charge in [0, 0.05) is 26.3 Å². The Balaban J connectivity index is 1.55. The fraction of sp³-hybridized carbons (Fsp3) is 0.435. The molecule has 2 aromatic carbocycles. The predicted molar refractivity (Wildman–Crippen MR) is 106 cm³/mol. The number of hydrogen-bond donors (Lipinski definition) is 0. The lowest BCUT2D eigenvalue weighted by atomic mass is 9.79. The van der Waals surface area contributed by atoms with E-state index in [0.29, 0.717) is 0 Å². The predicted octanol–water partition coefficient (Wildman–Crippen LogP) is 4.15. The van der Waals surface area contributed by atoms with E-state index >= 15 is 0 Å². The van der Waals surface area contributed by atoms with Gasteiger partial charge in [0.25, 0.3) is 5.91 Å². The third-order valence-corrected chi connectivity index (χ3v) is 6.37. The van der Waals surface area contributed by atoms with Gasteiger partial charge in [-0.3, -0.25) is 4.79 Å². The minimum Gasteiger partial charge on any atom is -0.381 e. The molecule has 2 aliphatic rings. The molecular formula is C23H27NO3. The van der Waals surface area contributed by atoms with E-state index in [2.05, 4.69) is 12.1 Å². The number of carbonyl (C=O) groups excluding carboxylic acids is 1. The number of amides is 1. The highest BCUT2D eigenvalue weighted by Crippen LogP contribution is 2.43. The number of methoxy groups -OCH3 is 2. The van der Waals surface area contributed by atoms with Crippen LogP contribution >= 0.6 is 0 Å². The number of benzene rings is 2. The van der Waals surface area contributed by atoms with Crippen molar-refractivity contribution >= 4 is 5.91 Å². The van der Waals surface area contributed by atoms with Gasteiger partial charge in [-0.1, -0.05) is 42.5 Å². The molecule has 1 heterocycles. The summed E-state index contributed by atoms with van der Waals surface area (Å²) in [7, 11) is 3.54. The Bertz CT molecular complexity index is 789. The molecule has 0 N–H and O–H groups in total. The molecule has 1 amide bonds. The maximum absolute atomic E-state index is 13.2. The molecular weight excluding hydrogens is 338 g/mol. The number of hydrogen-bond acceptors (Lipinski definition) is 3. The molecule has 1 saturated heterocycles. The SMILES string of the molecule is CO[C@H]1CC[C@@]2(OC)CCN(C(=O)c3ccc(-c4ccccc4)cc3)[C@H]2C1. The number of fused-ring (bicyclic) bond motifs is 1. The monoisotopic (exact) mass is 365 g/mol. The Morgan fingerprint density at radius 3 is 2.37 bits per heavy atom. The third kappa shape index (κ3) is 3.28. The third-order valence-electron chi connectivity index (χ3n) is 6.37. The Morgan fingerprint density at radius 1 is 1.00 bits per heavy atom. The van der Waals surface area contributed by atoms with E-state index in [4.69, 9.17) is 9.47 Å². The van der Waals surface area contributed by atoms with Crippen molar-refractivity contribution in [3.63, 3.8) is 0 Å². The largest absolute Gasteiger partial charge is 0.381 e. The van der Waals surface area contributed by atoms with Gasteiger partial charge in [-0.15, -0.1) is 0 Å². The van der Waals surface area contributed by atoms with Gasteiger partial charge in [0.1, 0.15) is 0 Å². The van der Waals surface area contributed by atoms with Crippen LogP contribution in [-0.2, 0) is 9.47 Å². The molecule has 0 bridgehead atoms. The van der Waals surface area contributed by atoms with Gasteiger partial charge in [0.2, 0.25) is 0 Å². The number of rotatable bonds is 4. The van der Waals surface area contributed by atoms with Gasteiger partial charge in [-0.2, -0.15) is 0 Å². The van der Waals surface area contributed by atoms with E-state index in [-0.39, 0.29) is 23.7 Å². The van der Waals surface area contributed by atoms with E-state index in [0.717, 1.165) is 48.9 Å². The minimum atomic E-state index is -0.214. The highest BCUT2D eigenvalue weighted by atomic mass is 16.5. The van der Waals surface area contributed by atoms with Crippen molar-refractivity contribution in [1.82, 2.24) is 4.90 Å². The van der Waals surface area contributed by atoms with Crippen molar-refractivity contribution in [2.24, 2.45) is 0 Å². The summed E-state index contributed by atoms with van der Waals surface area (Å²) in [5, 5.41) is 0. The topological polar surface area (TPSA) is 38.8 Å². The second-order valence-corrected chi connectivity index (χ2v) is 7.61. The summed E-state index contributed by atoms with van der Waals surface area (Å²) in [5.41, 5.74) is 2.80. The second-order valence-electron chi connectivity index (χ2n) is 7.61. The quantitative estimate of drug-likeness (QED) is 0.817. The van der Waals surface area contributed by atoms with Crippen LogP contribution in [0.15, 0.2) is 54.6 Å². The van der Waals surface area contributed by atoms with Crippen LogP contribution in [0.1, 0.15) is 36.0 Å². The van der Waals surface area contributed by atoms with Gasteiger partial charge in [0.05, 0.1) is 17.7 Å². The first-order valence-electron chi connectivity index (χ1n) is 9.71. The molecule has 27 heavy (non-hydrogen) atoms. The number of likely N-dealkylation sites (tertiary alicyclic amines) is 1.